The zero-order chi connectivity index (χ0) is 18.7. The smallest absolute Gasteiger partial charge is 0.241 e. The molecule has 25 heavy (non-hydrogen) atoms. The van der Waals surface area contributed by atoms with Gasteiger partial charge in [0.15, 0.2) is 0 Å². The summed E-state index contributed by atoms with van der Waals surface area (Å²) in [6.45, 7) is 9.87. The normalized spacial score (nSPS) is 13.4. The lowest BCUT2D eigenvalue weighted by atomic mass is 10.0. The molecule has 3 nitrogen and oxygen atoms in total. The van der Waals surface area contributed by atoms with Gasteiger partial charge in [0, 0.05) is 21.8 Å². The Kier molecular flexibility index (Phi) is 6.50. The van der Waals surface area contributed by atoms with Gasteiger partial charge in [-0.1, -0.05) is 47.0 Å². The lowest BCUT2D eigenvalue weighted by Crippen LogP contribution is -2.39. The predicted octanol–water partition coefficient (Wildman–Crippen LogP) is 5.60. The van der Waals surface area contributed by atoms with E-state index in [4.69, 9.17) is 23.2 Å². The maximum absolute atomic E-state index is 12.6. The number of carbonyl (C=O) groups excluding carboxylic acids is 1. The first-order valence-corrected chi connectivity index (χ1v) is 9.04. The summed E-state index contributed by atoms with van der Waals surface area (Å²) < 4.78 is 0. The van der Waals surface area contributed by atoms with E-state index in [1.165, 1.54) is 5.56 Å². The minimum absolute atomic E-state index is 0.0769. The van der Waals surface area contributed by atoms with E-state index in [2.05, 4.69) is 22.8 Å². The maximum atomic E-state index is 12.6. The van der Waals surface area contributed by atoms with Crippen molar-refractivity contribution in [3.05, 3.63) is 62.6 Å². The summed E-state index contributed by atoms with van der Waals surface area (Å²) in [5, 5.41) is 7.50. The average molecular weight is 379 g/mol. The van der Waals surface area contributed by atoms with E-state index in [0.29, 0.717) is 10.0 Å². The molecule has 0 spiro atoms. The van der Waals surface area contributed by atoms with Crippen LogP contribution in [-0.2, 0) is 4.79 Å². The molecule has 1 amide bonds. The van der Waals surface area contributed by atoms with Gasteiger partial charge in [-0.2, -0.15) is 0 Å². The standard InChI is InChI=1S/C20H24Cl2N2O/c1-11-8-12(2)19(13(3)9-11)24-20(25)15(5)23-14(4)17-7-6-16(21)10-18(17)22/h6-10,14-15,23H,1-5H3,(H,24,25)/t14-,15-/m0/s1. The van der Waals surface area contributed by atoms with E-state index < -0.39 is 0 Å². The third-order valence-electron chi connectivity index (χ3n) is 4.25. The van der Waals surface area contributed by atoms with Crippen LogP contribution in [0.3, 0.4) is 0 Å². The van der Waals surface area contributed by atoms with Crippen molar-refractivity contribution in [2.45, 2.75) is 46.7 Å². The lowest BCUT2D eigenvalue weighted by Gasteiger charge is -2.22. The molecule has 0 aliphatic heterocycles. The second-order valence-electron chi connectivity index (χ2n) is 6.54. The number of anilines is 1. The van der Waals surface area contributed by atoms with Gasteiger partial charge in [0.25, 0.3) is 0 Å². The Balaban J connectivity index is 2.08. The highest BCUT2D eigenvalue weighted by molar-refractivity contribution is 6.35. The molecule has 0 heterocycles. The van der Waals surface area contributed by atoms with Crippen LogP contribution in [0, 0.1) is 20.8 Å². The highest BCUT2D eigenvalue weighted by atomic mass is 35.5. The van der Waals surface area contributed by atoms with Crippen molar-refractivity contribution in [1.29, 1.82) is 0 Å². The third-order valence-corrected chi connectivity index (χ3v) is 4.81. The Morgan fingerprint density at radius 3 is 2.16 bits per heavy atom. The Hall–Kier alpha value is -1.55. The fourth-order valence-corrected chi connectivity index (χ4v) is 3.57. The fraction of sp³-hybridized carbons (Fsp3) is 0.350. The minimum atomic E-state index is -0.373. The van der Waals surface area contributed by atoms with Crippen LogP contribution < -0.4 is 10.6 Å². The highest BCUT2D eigenvalue weighted by Gasteiger charge is 2.19. The largest absolute Gasteiger partial charge is 0.324 e. The molecule has 0 aromatic heterocycles. The second kappa shape index (κ2) is 8.22. The zero-order valence-corrected chi connectivity index (χ0v) is 16.7. The number of hydrogen-bond donors (Lipinski definition) is 2. The monoisotopic (exact) mass is 378 g/mol. The molecule has 2 rings (SSSR count). The number of benzene rings is 2. The molecule has 0 fully saturated rings. The Morgan fingerprint density at radius 2 is 1.60 bits per heavy atom. The van der Waals surface area contributed by atoms with Crippen molar-refractivity contribution in [2.75, 3.05) is 5.32 Å². The molecule has 0 saturated heterocycles. The molecule has 5 heteroatoms. The first-order valence-electron chi connectivity index (χ1n) is 8.28. The van der Waals surface area contributed by atoms with Crippen LogP contribution >= 0.6 is 23.2 Å². The van der Waals surface area contributed by atoms with Crippen molar-refractivity contribution in [3.8, 4) is 0 Å². The summed E-state index contributed by atoms with van der Waals surface area (Å²) in [7, 11) is 0. The number of carbonyl (C=O) groups is 1. The Labute approximate surface area is 159 Å². The molecule has 2 aromatic rings. The van der Waals surface area contributed by atoms with Crippen molar-refractivity contribution >= 4 is 34.8 Å². The molecule has 0 aliphatic carbocycles. The molecule has 0 aliphatic rings. The van der Waals surface area contributed by atoms with E-state index in [1.807, 2.05) is 40.7 Å². The van der Waals surface area contributed by atoms with Gasteiger partial charge in [-0.25, -0.2) is 0 Å². The molecule has 2 atom stereocenters. The summed E-state index contributed by atoms with van der Waals surface area (Å²) in [5.74, 6) is -0.0769. The van der Waals surface area contributed by atoms with E-state index in [1.54, 1.807) is 12.1 Å². The summed E-state index contributed by atoms with van der Waals surface area (Å²) in [6, 6.07) is 9.06. The first-order chi connectivity index (χ1) is 11.7. The predicted molar refractivity (Wildman–Crippen MR) is 107 cm³/mol. The van der Waals surface area contributed by atoms with Gasteiger partial charge in [-0.3, -0.25) is 10.1 Å². The molecule has 0 unspecified atom stereocenters. The number of halogens is 2. The van der Waals surface area contributed by atoms with Crippen molar-refractivity contribution in [1.82, 2.24) is 5.32 Å². The van der Waals surface area contributed by atoms with Crippen LogP contribution in [0.25, 0.3) is 0 Å². The molecule has 134 valence electrons. The van der Waals surface area contributed by atoms with Crippen LogP contribution in [0.4, 0.5) is 5.69 Å². The van der Waals surface area contributed by atoms with Crippen LogP contribution in [0.15, 0.2) is 30.3 Å². The first kappa shape index (κ1) is 19.8. The number of amides is 1. The number of hydrogen-bond acceptors (Lipinski definition) is 2. The maximum Gasteiger partial charge on any atom is 0.241 e. The fourth-order valence-electron chi connectivity index (χ4n) is 3.00. The van der Waals surface area contributed by atoms with E-state index in [0.717, 1.165) is 22.4 Å². The van der Waals surface area contributed by atoms with Gasteiger partial charge in [0.05, 0.1) is 6.04 Å². The number of rotatable bonds is 5. The van der Waals surface area contributed by atoms with Crippen molar-refractivity contribution < 1.29 is 4.79 Å². The SMILES string of the molecule is Cc1cc(C)c(NC(=O)[C@H](C)N[C@@H](C)c2ccc(Cl)cc2Cl)c(C)c1. The van der Waals surface area contributed by atoms with Gasteiger partial charge in [0.2, 0.25) is 5.91 Å². The summed E-state index contributed by atoms with van der Waals surface area (Å²) in [5.41, 5.74) is 5.10. The molecule has 0 radical (unpaired) electrons. The Bertz CT molecular complexity index is 766. The van der Waals surface area contributed by atoms with Crippen LogP contribution in [-0.4, -0.2) is 11.9 Å². The van der Waals surface area contributed by atoms with Crippen LogP contribution in [0.1, 0.15) is 42.1 Å². The summed E-state index contributed by atoms with van der Waals surface area (Å²) >= 11 is 12.2. The van der Waals surface area contributed by atoms with E-state index in [-0.39, 0.29) is 18.0 Å². The molecule has 2 N–H and O–H groups in total. The van der Waals surface area contributed by atoms with Crippen molar-refractivity contribution in [3.63, 3.8) is 0 Å². The molecule has 0 saturated carbocycles. The zero-order valence-electron chi connectivity index (χ0n) is 15.2. The van der Waals surface area contributed by atoms with E-state index in [9.17, 15) is 4.79 Å². The summed E-state index contributed by atoms with van der Waals surface area (Å²) in [4.78, 5) is 12.6. The van der Waals surface area contributed by atoms with Crippen LogP contribution in [0.2, 0.25) is 10.0 Å². The number of aryl methyl sites for hydroxylation is 3. The number of nitrogens with one attached hydrogen (secondary N) is 2. The van der Waals surface area contributed by atoms with Crippen LogP contribution in [0.5, 0.6) is 0 Å². The average Bonchev–Trinajstić information content (AvgIpc) is 2.50. The Morgan fingerprint density at radius 1 is 1.00 bits per heavy atom. The van der Waals surface area contributed by atoms with Crippen molar-refractivity contribution in [2.24, 2.45) is 0 Å². The summed E-state index contributed by atoms with van der Waals surface area (Å²) in [6.07, 6.45) is 0. The molecule has 0 bridgehead atoms. The molecular formula is C20H24Cl2N2O. The lowest BCUT2D eigenvalue weighted by molar-refractivity contribution is -0.117. The topological polar surface area (TPSA) is 41.1 Å². The van der Waals surface area contributed by atoms with Gasteiger partial charge in [0.1, 0.15) is 0 Å². The second-order valence-corrected chi connectivity index (χ2v) is 7.38. The van der Waals surface area contributed by atoms with Gasteiger partial charge in [-0.05, 0) is 63.4 Å². The third kappa shape index (κ3) is 4.97. The highest BCUT2D eigenvalue weighted by Crippen LogP contribution is 2.27. The van der Waals surface area contributed by atoms with Gasteiger partial charge >= 0.3 is 0 Å². The minimum Gasteiger partial charge on any atom is -0.324 e. The molecular weight excluding hydrogens is 355 g/mol. The van der Waals surface area contributed by atoms with Gasteiger partial charge in [-0.15, -0.1) is 0 Å². The van der Waals surface area contributed by atoms with E-state index >= 15 is 0 Å². The quantitative estimate of drug-likeness (QED) is 0.710. The molecule has 2 aromatic carbocycles. The van der Waals surface area contributed by atoms with Gasteiger partial charge < -0.3 is 5.32 Å².